The number of sulfonamides is 1. The molecule has 4 rings (SSSR count). The Morgan fingerprint density at radius 1 is 0.775 bits per heavy atom. The Kier molecular flexibility index (Phi) is 9.25. The fraction of sp³-hybridized carbons (Fsp3) is 0.200. The largest absolute Gasteiger partial charge is 0.267 e. The van der Waals surface area contributed by atoms with Gasteiger partial charge in [-0.1, -0.05) is 65.7 Å². The quantitative estimate of drug-likeness (QED) is 0.216. The molecule has 10 heteroatoms. The van der Waals surface area contributed by atoms with Crippen molar-refractivity contribution in [2.45, 2.75) is 47.8 Å². The van der Waals surface area contributed by atoms with Crippen molar-refractivity contribution in [1.82, 2.24) is 8.28 Å². The molecular formula is C30H32N2O5S3. The van der Waals surface area contributed by atoms with E-state index in [0.29, 0.717) is 16.0 Å². The molecule has 40 heavy (non-hydrogen) atoms. The molecule has 1 aromatic heterocycles. The van der Waals surface area contributed by atoms with Crippen molar-refractivity contribution in [2.75, 3.05) is 6.54 Å². The van der Waals surface area contributed by atoms with E-state index in [4.69, 9.17) is 0 Å². The van der Waals surface area contributed by atoms with E-state index in [1.807, 2.05) is 19.9 Å². The fourth-order valence-electron chi connectivity index (χ4n) is 4.07. The van der Waals surface area contributed by atoms with Gasteiger partial charge in [0.25, 0.3) is 10.0 Å². The minimum Gasteiger partial charge on any atom is -0.254 e. The number of nitrogens with zero attached hydrogens (tertiary/aromatic N) is 2. The molecule has 0 amide bonds. The van der Waals surface area contributed by atoms with Crippen LogP contribution in [0.3, 0.4) is 0 Å². The first-order valence-electron chi connectivity index (χ1n) is 12.7. The van der Waals surface area contributed by atoms with Gasteiger partial charge in [0.1, 0.15) is 0 Å². The van der Waals surface area contributed by atoms with E-state index in [1.54, 1.807) is 79.7 Å². The predicted octanol–water partition coefficient (Wildman–Crippen LogP) is 5.42. The summed E-state index contributed by atoms with van der Waals surface area (Å²) in [5.74, 6) is 0.0256. The van der Waals surface area contributed by atoms with Gasteiger partial charge >= 0.3 is 0 Å². The van der Waals surface area contributed by atoms with E-state index < -0.39 is 30.8 Å². The molecule has 0 saturated carbocycles. The molecule has 0 fully saturated rings. The van der Waals surface area contributed by atoms with Crippen LogP contribution in [0, 0.1) is 13.8 Å². The smallest absolute Gasteiger partial charge is 0.254 e. The van der Waals surface area contributed by atoms with Crippen LogP contribution in [-0.4, -0.2) is 35.9 Å². The number of hydrogen-bond donors (Lipinski definition) is 0. The van der Waals surface area contributed by atoms with Crippen molar-refractivity contribution >= 4 is 30.8 Å². The van der Waals surface area contributed by atoms with Crippen LogP contribution in [0.25, 0.3) is 0 Å². The molecule has 0 N–H and O–H groups in total. The van der Waals surface area contributed by atoms with Gasteiger partial charge in [0.05, 0.1) is 26.3 Å². The maximum Gasteiger partial charge on any atom is 0.267 e. The first-order valence-corrected chi connectivity index (χ1v) is 16.9. The molecule has 0 aliphatic rings. The zero-order chi connectivity index (χ0) is 28.9. The van der Waals surface area contributed by atoms with E-state index in [9.17, 15) is 21.0 Å². The summed E-state index contributed by atoms with van der Waals surface area (Å²) in [5.41, 5.74) is 2.80. The van der Waals surface area contributed by atoms with Crippen molar-refractivity contribution in [2.24, 2.45) is 0 Å². The van der Waals surface area contributed by atoms with Crippen LogP contribution in [0.5, 0.6) is 0 Å². The normalized spacial score (nSPS) is 13.2. The Hall–Kier alpha value is -3.31. The van der Waals surface area contributed by atoms with E-state index in [2.05, 4.69) is 0 Å². The third-order valence-corrected chi connectivity index (χ3v) is 11.2. The zero-order valence-corrected chi connectivity index (χ0v) is 25.0. The summed E-state index contributed by atoms with van der Waals surface area (Å²) in [6.07, 6.45) is 6.36. The molecular weight excluding hydrogens is 565 g/mol. The van der Waals surface area contributed by atoms with Gasteiger partial charge in [0.15, 0.2) is 0 Å². The summed E-state index contributed by atoms with van der Waals surface area (Å²) in [4.78, 5) is 0.845. The highest BCUT2D eigenvalue weighted by Crippen LogP contribution is 2.26. The van der Waals surface area contributed by atoms with Crippen molar-refractivity contribution in [3.63, 3.8) is 0 Å². The molecule has 1 heterocycles. The van der Waals surface area contributed by atoms with Crippen molar-refractivity contribution in [3.05, 3.63) is 126 Å². The van der Waals surface area contributed by atoms with Gasteiger partial charge in [-0.25, -0.2) is 20.8 Å². The van der Waals surface area contributed by atoms with Crippen molar-refractivity contribution in [1.29, 1.82) is 0 Å². The first kappa shape index (κ1) is 29.7. The van der Waals surface area contributed by atoms with E-state index in [-0.39, 0.29) is 28.6 Å². The Labute approximate surface area is 239 Å². The summed E-state index contributed by atoms with van der Waals surface area (Å²) in [6.45, 7) is 5.54. The summed E-state index contributed by atoms with van der Waals surface area (Å²) in [5, 5.41) is 0. The summed E-state index contributed by atoms with van der Waals surface area (Å²) in [7, 11) is -9.36. The molecule has 1 atom stereocenters. The molecule has 0 spiro atoms. The third kappa shape index (κ3) is 6.69. The predicted molar refractivity (Wildman–Crippen MR) is 158 cm³/mol. The lowest BCUT2D eigenvalue weighted by atomic mass is 10.2. The third-order valence-electron chi connectivity index (χ3n) is 6.42. The van der Waals surface area contributed by atoms with Crippen LogP contribution in [0.15, 0.2) is 118 Å². The van der Waals surface area contributed by atoms with Crippen LogP contribution in [0.1, 0.15) is 29.2 Å². The van der Waals surface area contributed by atoms with Crippen molar-refractivity contribution < 1.29 is 21.0 Å². The highest BCUT2D eigenvalue weighted by Gasteiger charge is 2.27. The number of allylic oxidation sites excluding steroid dienone is 1. The van der Waals surface area contributed by atoms with E-state index in [0.717, 1.165) is 15.1 Å². The topological polar surface area (TPSA) is 93.5 Å². The molecule has 0 radical (unpaired) electrons. The van der Waals surface area contributed by atoms with Gasteiger partial charge in [0.2, 0.25) is 10.0 Å². The van der Waals surface area contributed by atoms with Gasteiger partial charge in [-0.2, -0.15) is 4.31 Å². The molecule has 0 aliphatic heterocycles. The van der Waals surface area contributed by atoms with Crippen LogP contribution in [0.2, 0.25) is 0 Å². The van der Waals surface area contributed by atoms with Crippen molar-refractivity contribution in [3.8, 4) is 0 Å². The molecule has 0 saturated heterocycles. The van der Waals surface area contributed by atoms with E-state index in [1.165, 1.54) is 28.8 Å². The Morgan fingerprint density at radius 3 is 1.90 bits per heavy atom. The molecule has 7 nitrogen and oxygen atoms in total. The molecule has 4 aromatic rings. The minimum atomic E-state index is -3.97. The lowest BCUT2D eigenvalue weighted by Gasteiger charge is -2.21. The highest BCUT2D eigenvalue weighted by atomic mass is 32.2. The Bertz CT molecular complexity index is 1730. The van der Waals surface area contributed by atoms with Gasteiger partial charge in [-0.15, -0.1) is 0 Å². The summed E-state index contributed by atoms with van der Waals surface area (Å²) >= 11 is 0. The zero-order valence-electron chi connectivity index (χ0n) is 22.6. The second-order valence-corrected chi connectivity index (χ2v) is 14.7. The fourth-order valence-corrected chi connectivity index (χ4v) is 7.86. The number of aromatic nitrogens is 1. The maximum atomic E-state index is 13.7. The number of rotatable bonds is 11. The highest BCUT2D eigenvalue weighted by molar-refractivity contribution is 7.90. The average Bonchev–Trinajstić information content (AvgIpc) is 3.34. The first-order chi connectivity index (χ1) is 19.0. The van der Waals surface area contributed by atoms with Crippen LogP contribution >= 0.6 is 0 Å². The van der Waals surface area contributed by atoms with E-state index >= 15 is 0 Å². The summed E-state index contributed by atoms with van der Waals surface area (Å²) in [6, 6.07) is 22.0. The second kappa shape index (κ2) is 12.5. The summed E-state index contributed by atoms with van der Waals surface area (Å²) < 4.78 is 70.0. The molecule has 0 aliphatic carbocycles. The van der Waals surface area contributed by atoms with Crippen LogP contribution < -0.4 is 0 Å². The monoisotopic (exact) mass is 596 g/mol. The number of aryl methyl sites for hydroxylation is 2. The molecule has 0 bridgehead atoms. The number of benzene rings is 3. The Morgan fingerprint density at radius 2 is 1.32 bits per heavy atom. The molecule has 3 aromatic carbocycles. The SMILES string of the molecule is C/C=C/CN(Cc1cn(S(=O)(=O)c2ccc(C)cc2)cc1CS(=O)c1ccccc1)S(=O)(=O)c1ccc(C)cc1. The average molecular weight is 597 g/mol. The van der Waals surface area contributed by atoms with Gasteiger partial charge in [-0.05, 0) is 68.3 Å². The number of hydrogen-bond acceptors (Lipinski definition) is 5. The van der Waals surface area contributed by atoms with Crippen LogP contribution in [0.4, 0.5) is 0 Å². The van der Waals surface area contributed by atoms with Gasteiger partial charge < -0.3 is 0 Å². The van der Waals surface area contributed by atoms with Gasteiger partial charge in [-0.3, -0.25) is 4.21 Å². The van der Waals surface area contributed by atoms with Gasteiger partial charge in [0, 0.05) is 30.4 Å². The lowest BCUT2D eigenvalue weighted by molar-refractivity contribution is 0.437. The minimum absolute atomic E-state index is 0.0256. The second-order valence-electron chi connectivity index (χ2n) is 9.44. The standard InChI is InChI=1S/C30H32N2O5S3/c1-4-5-19-31(39(34,35)29-15-11-24(2)12-16-29)20-26-21-32(40(36,37)30-17-13-25(3)14-18-30)22-27(26)23-38(33)28-9-7-6-8-10-28/h4-18,21-22H,19-20,23H2,1-3H3/b5-4+. The maximum absolute atomic E-state index is 13.7. The molecule has 1 unspecified atom stereocenters. The van der Waals surface area contributed by atoms with Crippen LogP contribution in [-0.2, 0) is 43.1 Å². The molecule has 210 valence electrons. The Balaban J connectivity index is 1.78. The lowest BCUT2D eigenvalue weighted by Crippen LogP contribution is -2.31.